The number of ether oxygens (including phenoxy) is 1. The second-order valence-corrected chi connectivity index (χ2v) is 6.46. The number of rotatable bonds is 8. The van der Waals surface area contributed by atoms with Gasteiger partial charge in [-0.25, -0.2) is 4.39 Å². The highest BCUT2D eigenvalue weighted by Gasteiger charge is 2.15. The van der Waals surface area contributed by atoms with E-state index in [1.54, 1.807) is 18.2 Å². The van der Waals surface area contributed by atoms with Crippen LogP contribution in [0.1, 0.15) is 18.4 Å². The lowest BCUT2D eigenvalue weighted by atomic mass is 10.2. The zero-order valence-corrected chi connectivity index (χ0v) is 12.4. The SMILES string of the molecule is OC(CNCC1CCCS1)COCc1ccccc1F. The first-order chi connectivity index (χ1) is 9.75. The third kappa shape index (κ3) is 5.40. The maximum Gasteiger partial charge on any atom is 0.128 e. The highest BCUT2D eigenvalue weighted by molar-refractivity contribution is 8.00. The van der Waals surface area contributed by atoms with Crippen LogP contribution in [0.5, 0.6) is 0 Å². The van der Waals surface area contributed by atoms with Crippen LogP contribution in [0.15, 0.2) is 24.3 Å². The minimum atomic E-state index is -0.548. The normalized spacial score (nSPS) is 20.2. The summed E-state index contributed by atoms with van der Waals surface area (Å²) in [5.41, 5.74) is 0.523. The van der Waals surface area contributed by atoms with Crippen LogP contribution in [0, 0.1) is 5.82 Å². The minimum absolute atomic E-state index is 0.197. The molecule has 0 amide bonds. The molecule has 0 aromatic heterocycles. The van der Waals surface area contributed by atoms with Gasteiger partial charge in [-0.05, 0) is 24.7 Å². The molecule has 1 heterocycles. The van der Waals surface area contributed by atoms with Crippen molar-refractivity contribution in [3.05, 3.63) is 35.6 Å². The molecule has 0 aliphatic carbocycles. The number of benzene rings is 1. The second kappa shape index (κ2) is 8.62. The van der Waals surface area contributed by atoms with Crippen molar-refractivity contribution in [3.63, 3.8) is 0 Å². The molecule has 2 unspecified atom stereocenters. The molecule has 112 valence electrons. The monoisotopic (exact) mass is 299 g/mol. The summed E-state index contributed by atoms with van der Waals surface area (Å²) in [7, 11) is 0. The van der Waals surface area contributed by atoms with E-state index < -0.39 is 6.10 Å². The van der Waals surface area contributed by atoms with Crippen LogP contribution < -0.4 is 5.32 Å². The van der Waals surface area contributed by atoms with Gasteiger partial charge in [0.1, 0.15) is 5.82 Å². The van der Waals surface area contributed by atoms with E-state index in [9.17, 15) is 9.50 Å². The van der Waals surface area contributed by atoms with Crippen molar-refractivity contribution in [1.82, 2.24) is 5.32 Å². The van der Waals surface area contributed by atoms with Gasteiger partial charge in [0.25, 0.3) is 0 Å². The summed E-state index contributed by atoms with van der Waals surface area (Å²) >= 11 is 1.99. The van der Waals surface area contributed by atoms with Gasteiger partial charge in [0.15, 0.2) is 0 Å². The fourth-order valence-corrected chi connectivity index (χ4v) is 3.43. The van der Waals surface area contributed by atoms with E-state index >= 15 is 0 Å². The van der Waals surface area contributed by atoms with Crippen molar-refractivity contribution in [2.75, 3.05) is 25.4 Å². The third-order valence-corrected chi connectivity index (χ3v) is 4.70. The average Bonchev–Trinajstić information content (AvgIpc) is 2.94. The van der Waals surface area contributed by atoms with Gasteiger partial charge >= 0.3 is 0 Å². The first-order valence-corrected chi connectivity index (χ1v) is 8.12. The molecule has 1 saturated heterocycles. The second-order valence-electron chi connectivity index (χ2n) is 5.05. The molecule has 1 aliphatic rings. The predicted molar refractivity (Wildman–Crippen MR) is 80.4 cm³/mol. The molecule has 5 heteroatoms. The van der Waals surface area contributed by atoms with Crippen LogP contribution in [0.3, 0.4) is 0 Å². The van der Waals surface area contributed by atoms with E-state index in [1.165, 1.54) is 24.7 Å². The van der Waals surface area contributed by atoms with E-state index in [0.29, 0.717) is 17.4 Å². The minimum Gasteiger partial charge on any atom is -0.389 e. The van der Waals surface area contributed by atoms with Crippen LogP contribution >= 0.6 is 11.8 Å². The van der Waals surface area contributed by atoms with Crippen molar-refractivity contribution < 1.29 is 14.2 Å². The lowest BCUT2D eigenvalue weighted by molar-refractivity contribution is 0.0280. The lowest BCUT2D eigenvalue weighted by Gasteiger charge is -2.14. The molecule has 2 N–H and O–H groups in total. The van der Waals surface area contributed by atoms with Gasteiger partial charge in [-0.15, -0.1) is 0 Å². The molecule has 0 saturated carbocycles. The van der Waals surface area contributed by atoms with E-state index in [2.05, 4.69) is 5.32 Å². The molecular weight excluding hydrogens is 277 g/mol. The predicted octanol–water partition coefficient (Wildman–Crippen LogP) is 2.19. The fourth-order valence-electron chi connectivity index (χ4n) is 2.20. The Labute approximate surface area is 123 Å². The molecule has 2 rings (SSSR count). The van der Waals surface area contributed by atoms with Crippen LogP contribution in [0.4, 0.5) is 4.39 Å². The van der Waals surface area contributed by atoms with Crippen molar-refractivity contribution in [1.29, 1.82) is 0 Å². The van der Waals surface area contributed by atoms with Gasteiger partial charge in [-0.1, -0.05) is 18.2 Å². The van der Waals surface area contributed by atoms with Crippen molar-refractivity contribution in [2.45, 2.75) is 30.8 Å². The lowest BCUT2D eigenvalue weighted by Crippen LogP contribution is -2.33. The zero-order chi connectivity index (χ0) is 14.2. The standard InChI is InChI=1S/C15H22FNO2S/c16-15-6-2-1-4-12(15)10-19-11-13(18)8-17-9-14-5-3-7-20-14/h1-2,4,6,13-14,17-18H,3,5,7-11H2. The van der Waals surface area contributed by atoms with Crippen molar-refractivity contribution in [2.24, 2.45) is 0 Å². The van der Waals surface area contributed by atoms with Gasteiger partial charge in [0.2, 0.25) is 0 Å². The van der Waals surface area contributed by atoms with Gasteiger partial charge in [-0.2, -0.15) is 11.8 Å². The Hall–Kier alpha value is -0.620. The number of hydrogen-bond donors (Lipinski definition) is 2. The highest BCUT2D eigenvalue weighted by atomic mass is 32.2. The zero-order valence-electron chi connectivity index (χ0n) is 11.6. The van der Waals surface area contributed by atoms with Crippen molar-refractivity contribution >= 4 is 11.8 Å². The number of thioether (sulfide) groups is 1. The molecule has 0 radical (unpaired) electrons. The summed E-state index contributed by atoms with van der Waals surface area (Å²) in [6.45, 7) is 1.88. The van der Waals surface area contributed by atoms with Gasteiger partial charge < -0.3 is 15.2 Å². The fraction of sp³-hybridized carbons (Fsp3) is 0.600. The van der Waals surface area contributed by atoms with E-state index in [0.717, 1.165) is 6.54 Å². The summed E-state index contributed by atoms with van der Waals surface area (Å²) in [5, 5.41) is 13.7. The first kappa shape index (κ1) is 15.8. The van der Waals surface area contributed by atoms with Crippen molar-refractivity contribution in [3.8, 4) is 0 Å². The van der Waals surface area contributed by atoms with Gasteiger partial charge in [-0.3, -0.25) is 0 Å². The number of aliphatic hydroxyl groups excluding tert-OH is 1. The molecule has 2 atom stereocenters. The largest absolute Gasteiger partial charge is 0.389 e. The molecule has 0 spiro atoms. The van der Waals surface area contributed by atoms with E-state index in [4.69, 9.17) is 4.74 Å². The smallest absolute Gasteiger partial charge is 0.128 e. The average molecular weight is 299 g/mol. The third-order valence-electron chi connectivity index (χ3n) is 3.30. The first-order valence-electron chi connectivity index (χ1n) is 7.07. The topological polar surface area (TPSA) is 41.5 Å². The van der Waals surface area contributed by atoms with Crippen LogP contribution in [0.2, 0.25) is 0 Å². The Morgan fingerprint density at radius 1 is 1.45 bits per heavy atom. The Morgan fingerprint density at radius 3 is 3.05 bits per heavy atom. The van der Waals surface area contributed by atoms with Gasteiger partial charge in [0.05, 0.1) is 19.3 Å². The molecule has 1 aliphatic heterocycles. The van der Waals surface area contributed by atoms with E-state index in [-0.39, 0.29) is 19.0 Å². The molecule has 0 bridgehead atoms. The number of hydrogen-bond acceptors (Lipinski definition) is 4. The van der Waals surface area contributed by atoms with Crippen LogP contribution in [-0.2, 0) is 11.3 Å². The number of aliphatic hydroxyl groups is 1. The van der Waals surface area contributed by atoms with Crippen LogP contribution in [0.25, 0.3) is 0 Å². The quantitative estimate of drug-likeness (QED) is 0.772. The maximum atomic E-state index is 13.3. The summed E-state index contributed by atoms with van der Waals surface area (Å²) in [6.07, 6.45) is 2.01. The maximum absolute atomic E-state index is 13.3. The molecule has 1 aromatic carbocycles. The Kier molecular flexibility index (Phi) is 6.79. The molecule has 1 aromatic rings. The number of nitrogens with one attached hydrogen (secondary N) is 1. The number of halogens is 1. The molecule has 3 nitrogen and oxygen atoms in total. The molecule has 1 fully saturated rings. The Morgan fingerprint density at radius 2 is 2.30 bits per heavy atom. The summed E-state index contributed by atoms with van der Waals surface area (Å²) in [5.74, 6) is 0.985. The van der Waals surface area contributed by atoms with Gasteiger partial charge in [0, 0.05) is 23.9 Å². The Bertz CT molecular complexity index is 399. The van der Waals surface area contributed by atoms with E-state index in [1.807, 2.05) is 11.8 Å². The highest BCUT2D eigenvalue weighted by Crippen LogP contribution is 2.25. The molecular formula is C15H22FNO2S. The summed E-state index contributed by atoms with van der Waals surface area (Å²) in [4.78, 5) is 0. The Balaban J connectivity index is 1.55. The van der Waals surface area contributed by atoms with Crippen LogP contribution in [-0.4, -0.2) is 41.9 Å². The summed E-state index contributed by atoms with van der Waals surface area (Å²) < 4.78 is 18.7. The summed E-state index contributed by atoms with van der Waals surface area (Å²) in [6, 6.07) is 6.53. The molecule has 20 heavy (non-hydrogen) atoms.